The van der Waals surface area contributed by atoms with Gasteiger partial charge in [-0.2, -0.15) is 0 Å². The molecule has 0 aliphatic carbocycles. The first-order valence-electron chi connectivity index (χ1n) is 4.05. The van der Waals surface area contributed by atoms with Crippen molar-refractivity contribution in [1.29, 1.82) is 0 Å². The van der Waals surface area contributed by atoms with Crippen molar-refractivity contribution in [2.24, 2.45) is 0 Å². The summed E-state index contributed by atoms with van der Waals surface area (Å²) in [5.41, 5.74) is 4.44. The third-order valence-corrected chi connectivity index (χ3v) is 1.27. The molecular weight excluding hydrogens is 279 g/mol. The van der Waals surface area contributed by atoms with Crippen molar-refractivity contribution in [1.82, 2.24) is 10.9 Å². The molecule has 9 heteroatoms. The van der Waals surface area contributed by atoms with Crippen molar-refractivity contribution in [3.63, 3.8) is 0 Å². The summed E-state index contributed by atoms with van der Waals surface area (Å²) >= 11 is 8.95. The maximum atomic E-state index is 10.9. The number of esters is 1. The summed E-state index contributed by atoms with van der Waals surface area (Å²) in [6, 6.07) is 0. The number of carbonyl (C=O) groups is 2. The molecule has 0 aromatic heterocycles. The van der Waals surface area contributed by atoms with Crippen molar-refractivity contribution >= 4 is 41.0 Å². The predicted octanol–water partition coefficient (Wildman–Crippen LogP) is -3.98. The monoisotopic (exact) mass is 290 g/mol. The zero-order chi connectivity index (χ0) is 11.7. The van der Waals surface area contributed by atoms with Crippen molar-refractivity contribution in [3.8, 4) is 0 Å². The molecule has 0 saturated carbocycles. The smallest absolute Gasteiger partial charge is 0.464 e. The molecule has 2 N–H and O–H groups in total. The van der Waals surface area contributed by atoms with Gasteiger partial charge >= 0.3 is 57.4 Å². The van der Waals surface area contributed by atoms with Gasteiger partial charge in [0, 0.05) is 0 Å². The van der Waals surface area contributed by atoms with Crippen LogP contribution in [-0.2, 0) is 31.7 Å². The van der Waals surface area contributed by atoms with Gasteiger partial charge in [0.15, 0.2) is 0 Å². The molecule has 0 bridgehead atoms. The van der Waals surface area contributed by atoms with Crippen molar-refractivity contribution < 1.29 is 70.4 Å². The summed E-state index contributed by atoms with van der Waals surface area (Å²) in [7, 11) is 0. The van der Waals surface area contributed by atoms with Gasteiger partial charge in [0.25, 0.3) is 5.91 Å². The number of nitrogens with one attached hydrogen (secondary N) is 2. The molecule has 16 heavy (non-hydrogen) atoms. The van der Waals surface area contributed by atoms with E-state index >= 15 is 0 Å². The van der Waals surface area contributed by atoms with Gasteiger partial charge in [0.2, 0.25) is 0 Å². The average Bonchev–Trinajstić information content (AvgIpc) is 2.15. The predicted molar refractivity (Wildman–Crippen MR) is 58.7 cm³/mol. The SMILES string of the molecule is CCOC(=O)COCC(=O)NNC(=S)[S-].[K+]. The van der Waals surface area contributed by atoms with E-state index in [1.54, 1.807) is 6.92 Å². The first-order chi connectivity index (χ1) is 7.06. The van der Waals surface area contributed by atoms with Gasteiger partial charge in [0.1, 0.15) is 13.2 Å². The number of hydrogen-bond acceptors (Lipinski definition) is 6. The van der Waals surface area contributed by atoms with Crippen LogP contribution in [0.15, 0.2) is 0 Å². The van der Waals surface area contributed by atoms with E-state index in [0.717, 1.165) is 0 Å². The topological polar surface area (TPSA) is 76.7 Å². The fourth-order valence-corrected chi connectivity index (χ4v) is 0.689. The molecule has 0 aliphatic heterocycles. The van der Waals surface area contributed by atoms with Gasteiger partial charge in [-0.25, -0.2) is 4.79 Å². The summed E-state index contributed by atoms with van der Waals surface area (Å²) in [5, 5.41) is 0. The molecule has 0 aliphatic rings. The van der Waals surface area contributed by atoms with E-state index in [-0.39, 0.29) is 75.5 Å². The Hall–Kier alpha value is 0.646. The van der Waals surface area contributed by atoms with Crippen molar-refractivity contribution in [3.05, 3.63) is 0 Å². The van der Waals surface area contributed by atoms with Gasteiger partial charge in [-0.05, 0) is 11.2 Å². The number of carbonyl (C=O) groups excluding carboxylic acids is 2. The van der Waals surface area contributed by atoms with Gasteiger partial charge < -0.3 is 39.7 Å². The number of hydrogen-bond donors (Lipinski definition) is 2. The van der Waals surface area contributed by atoms with Crippen LogP contribution in [0.25, 0.3) is 0 Å². The Morgan fingerprint density at radius 2 is 1.94 bits per heavy atom. The first-order valence-corrected chi connectivity index (χ1v) is 4.87. The van der Waals surface area contributed by atoms with E-state index in [4.69, 9.17) is 4.74 Å². The Labute approximate surface area is 147 Å². The molecule has 86 valence electrons. The molecule has 0 radical (unpaired) electrons. The van der Waals surface area contributed by atoms with Crippen molar-refractivity contribution in [2.75, 3.05) is 19.8 Å². The van der Waals surface area contributed by atoms with Crippen LogP contribution >= 0.6 is 12.2 Å². The number of amides is 1. The number of thiocarbonyl (C=S) groups is 1. The molecule has 1 amide bonds. The van der Waals surface area contributed by atoms with E-state index in [0.29, 0.717) is 0 Å². The number of ether oxygens (including phenoxy) is 2. The van der Waals surface area contributed by atoms with Crippen LogP contribution in [0.2, 0.25) is 0 Å². The zero-order valence-corrected chi connectivity index (χ0v) is 13.8. The molecule has 0 fully saturated rings. The molecule has 0 saturated heterocycles. The van der Waals surface area contributed by atoms with Crippen LogP contribution in [-0.4, -0.2) is 36.0 Å². The fraction of sp³-hybridized carbons (Fsp3) is 0.571. The van der Waals surface area contributed by atoms with E-state index in [2.05, 4.69) is 40.4 Å². The van der Waals surface area contributed by atoms with Crippen molar-refractivity contribution in [2.45, 2.75) is 6.92 Å². The zero-order valence-electron chi connectivity index (χ0n) is 9.07. The standard InChI is InChI=1S/C7H12N2O4S2.K/c1-2-13-6(11)4-12-3-5(10)8-9-7(14)15;/h2-4H2,1H3,(H,8,10)(H2,9,14,15);/q;+1/p-1. The Morgan fingerprint density at radius 1 is 1.31 bits per heavy atom. The quantitative estimate of drug-likeness (QED) is 0.176. The van der Waals surface area contributed by atoms with Gasteiger partial charge in [-0.1, -0.05) is 0 Å². The first kappa shape index (κ1) is 19.0. The van der Waals surface area contributed by atoms with E-state index < -0.39 is 11.9 Å². The third kappa shape index (κ3) is 12.7. The van der Waals surface area contributed by atoms with Crippen LogP contribution in [0.4, 0.5) is 0 Å². The molecule has 0 atom stereocenters. The molecule has 6 nitrogen and oxygen atoms in total. The average molecular weight is 290 g/mol. The minimum absolute atomic E-state index is 0. The summed E-state index contributed by atoms with van der Waals surface area (Å²) < 4.78 is 9.33. The van der Waals surface area contributed by atoms with Crippen LogP contribution < -0.4 is 62.2 Å². The molecule has 0 aromatic carbocycles. The summed E-state index contributed by atoms with van der Waals surface area (Å²) in [5.74, 6) is -0.997. The summed E-state index contributed by atoms with van der Waals surface area (Å²) in [6.07, 6.45) is 0. The van der Waals surface area contributed by atoms with Crippen LogP contribution in [0, 0.1) is 0 Å². The second-order valence-corrected chi connectivity index (χ2v) is 3.33. The molecule has 0 unspecified atom stereocenters. The minimum atomic E-state index is -0.517. The van der Waals surface area contributed by atoms with Gasteiger partial charge in [0.05, 0.1) is 6.61 Å². The molecule has 0 heterocycles. The van der Waals surface area contributed by atoms with E-state index in [1.807, 2.05) is 0 Å². The number of rotatable bonds is 5. The second-order valence-electron chi connectivity index (χ2n) is 2.26. The third-order valence-electron chi connectivity index (χ3n) is 1.06. The van der Waals surface area contributed by atoms with Gasteiger partial charge in [-0.15, -0.1) is 0 Å². The molecule has 0 rings (SSSR count). The summed E-state index contributed by atoms with van der Waals surface area (Å²) in [4.78, 5) is 21.7. The number of hydrazine groups is 1. The van der Waals surface area contributed by atoms with E-state index in [1.165, 1.54) is 0 Å². The maximum absolute atomic E-state index is 10.9. The normalized spacial score (nSPS) is 8.56. The summed E-state index contributed by atoms with van der Waals surface area (Å²) in [6.45, 7) is 1.42. The Balaban J connectivity index is 0. The second kappa shape index (κ2) is 12.1. The largest absolute Gasteiger partial charge is 1.00 e. The van der Waals surface area contributed by atoms with Gasteiger partial charge in [-0.3, -0.25) is 10.2 Å². The maximum Gasteiger partial charge on any atom is 1.00 e. The minimum Gasteiger partial charge on any atom is -0.464 e. The molecule has 0 aromatic rings. The van der Waals surface area contributed by atoms with E-state index in [9.17, 15) is 9.59 Å². The Kier molecular flexibility index (Phi) is 14.4. The molecule has 0 spiro atoms. The van der Waals surface area contributed by atoms with Crippen LogP contribution in [0.3, 0.4) is 0 Å². The Bertz CT molecular complexity index is 253. The molecular formula is C7H11KN2O4S2. The fourth-order valence-electron chi connectivity index (χ4n) is 0.587. The van der Waals surface area contributed by atoms with Crippen LogP contribution in [0.5, 0.6) is 0 Å². The Morgan fingerprint density at radius 3 is 2.44 bits per heavy atom. The van der Waals surface area contributed by atoms with Crippen LogP contribution in [0.1, 0.15) is 6.92 Å².